The predicted octanol–water partition coefficient (Wildman–Crippen LogP) is 5.92. The molecule has 2 aromatic carbocycles. The van der Waals surface area contributed by atoms with Crippen LogP contribution < -0.4 is 19.7 Å². The summed E-state index contributed by atoms with van der Waals surface area (Å²) in [5.41, 5.74) is 0.376. The molecule has 4 rings (SSSR count). The number of anilines is 1. The Morgan fingerprint density at radius 2 is 1.71 bits per heavy atom. The highest BCUT2D eigenvalue weighted by Crippen LogP contribution is 2.35. The second-order valence-corrected chi connectivity index (χ2v) is 14.9. The van der Waals surface area contributed by atoms with E-state index in [1.54, 1.807) is 39.8 Å². The third-order valence-corrected chi connectivity index (χ3v) is 9.42. The zero-order valence-corrected chi connectivity index (χ0v) is 30.7. The van der Waals surface area contributed by atoms with E-state index in [1.165, 1.54) is 19.3 Å². The van der Waals surface area contributed by atoms with Gasteiger partial charge in [-0.05, 0) is 75.9 Å². The summed E-state index contributed by atoms with van der Waals surface area (Å²) in [6, 6.07) is 16.0. The van der Waals surface area contributed by atoms with Crippen molar-refractivity contribution in [1.29, 1.82) is 0 Å². The number of hydrogen-bond acceptors (Lipinski definition) is 10. The van der Waals surface area contributed by atoms with Crippen molar-refractivity contribution in [3.05, 3.63) is 95.1 Å². The molecule has 52 heavy (non-hydrogen) atoms. The van der Waals surface area contributed by atoms with Crippen LogP contribution in [0.25, 0.3) is 10.9 Å². The Morgan fingerprint density at radius 3 is 2.42 bits per heavy atom. The van der Waals surface area contributed by atoms with Gasteiger partial charge in [0.2, 0.25) is 10.0 Å². The topological polar surface area (TPSA) is 166 Å². The Labute approximate surface area is 302 Å². The molecule has 2 N–H and O–H groups in total. The molecule has 0 spiro atoms. The molecule has 15 heteroatoms. The Morgan fingerprint density at radius 1 is 0.962 bits per heavy atom. The number of carbonyl (C=O) groups is 3. The number of alkyl carbamates (subject to hydrolysis) is 1. The molecule has 2 heterocycles. The summed E-state index contributed by atoms with van der Waals surface area (Å²) >= 11 is 0. The van der Waals surface area contributed by atoms with E-state index in [2.05, 4.69) is 20.6 Å². The number of pyridine rings is 2. The van der Waals surface area contributed by atoms with E-state index in [4.69, 9.17) is 14.2 Å². The molecule has 0 saturated heterocycles. The number of ether oxygens (including phenoxy) is 3. The smallest absolute Gasteiger partial charge is 0.407 e. The number of unbranched alkanes of at least 4 members (excludes halogenated alkanes) is 2. The van der Waals surface area contributed by atoms with Crippen LogP contribution in [0, 0.1) is 5.82 Å². The minimum Gasteiger partial charge on any atom is -0.484 e. The number of carbonyl (C=O) groups excluding carboxylic acids is 3. The summed E-state index contributed by atoms with van der Waals surface area (Å²) in [7, 11) is -2.60. The van der Waals surface area contributed by atoms with Gasteiger partial charge in [0, 0.05) is 31.7 Å². The maximum absolute atomic E-state index is 14.1. The minimum absolute atomic E-state index is 0.0220. The number of fused-ring (bicyclic) bond motifs is 1. The normalized spacial score (nSPS) is 11.5. The Bertz CT molecular complexity index is 1990. The van der Waals surface area contributed by atoms with Gasteiger partial charge in [0.1, 0.15) is 23.5 Å². The SMILES string of the molecule is CCOC(=O)c1cc(F)ccc1CNC(=O)c1nc(N(C)S(=O)(=O)CCCCCNC(=O)OC(C)(C)C)c2cccnc2c1OCc1ccccc1. The highest BCUT2D eigenvalue weighted by Gasteiger charge is 2.28. The molecule has 2 amide bonds. The molecular formula is C37H44FN5O8S. The van der Waals surface area contributed by atoms with Crippen LogP contribution >= 0.6 is 0 Å². The van der Waals surface area contributed by atoms with Crippen LogP contribution in [0.15, 0.2) is 66.9 Å². The quantitative estimate of drug-likeness (QED) is 0.104. The molecule has 13 nitrogen and oxygen atoms in total. The Kier molecular flexibility index (Phi) is 13.5. The molecule has 0 unspecified atom stereocenters. The van der Waals surface area contributed by atoms with Crippen molar-refractivity contribution < 1.29 is 41.4 Å². The molecule has 0 aliphatic heterocycles. The largest absolute Gasteiger partial charge is 0.484 e. The van der Waals surface area contributed by atoms with Crippen LogP contribution in [0.1, 0.15) is 78.9 Å². The maximum Gasteiger partial charge on any atom is 0.407 e. The van der Waals surface area contributed by atoms with Gasteiger partial charge >= 0.3 is 12.1 Å². The number of nitrogens with one attached hydrogen (secondary N) is 2. The molecule has 4 aromatic rings. The average molecular weight is 738 g/mol. The fourth-order valence-electron chi connectivity index (χ4n) is 5.08. The number of hydrogen-bond donors (Lipinski definition) is 2. The van der Waals surface area contributed by atoms with Crippen molar-refractivity contribution in [2.75, 3.05) is 30.3 Å². The van der Waals surface area contributed by atoms with Gasteiger partial charge in [-0.15, -0.1) is 0 Å². The molecule has 0 aliphatic carbocycles. The van der Waals surface area contributed by atoms with Crippen LogP contribution in [0.4, 0.5) is 15.0 Å². The van der Waals surface area contributed by atoms with Gasteiger partial charge in [-0.3, -0.25) is 14.1 Å². The molecule has 0 bridgehead atoms. The summed E-state index contributed by atoms with van der Waals surface area (Å²) in [5, 5.41) is 5.70. The number of rotatable bonds is 16. The molecule has 0 radical (unpaired) electrons. The standard InChI is InChI=1S/C37H44FN5O8S/c1-6-49-35(45)29-22-27(38)18-17-26(29)23-41-34(44)31-32(50-24-25-14-9-7-10-15-25)30-28(16-13-20-39-30)33(42-31)43(5)52(47,48)21-12-8-11-19-40-36(46)51-37(2,3)4/h7,9-10,13-18,20,22H,6,8,11-12,19,21,23-24H2,1-5H3,(H,40,46)(H,41,44). The summed E-state index contributed by atoms with van der Waals surface area (Å²) in [5.74, 6) is -2.40. The van der Waals surface area contributed by atoms with Crippen molar-refractivity contribution in [2.24, 2.45) is 0 Å². The second-order valence-electron chi connectivity index (χ2n) is 12.8. The van der Waals surface area contributed by atoms with Crippen LogP contribution in [-0.4, -0.2) is 67.9 Å². The maximum atomic E-state index is 14.1. The number of halogens is 1. The van der Waals surface area contributed by atoms with Gasteiger partial charge in [0.15, 0.2) is 17.3 Å². The zero-order valence-electron chi connectivity index (χ0n) is 29.9. The first-order valence-corrected chi connectivity index (χ1v) is 18.4. The third kappa shape index (κ3) is 10.8. The van der Waals surface area contributed by atoms with Gasteiger partial charge in [0.05, 0.1) is 17.9 Å². The lowest BCUT2D eigenvalue weighted by Crippen LogP contribution is -2.33. The first-order chi connectivity index (χ1) is 24.7. The van der Waals surface area contributed by atoms with Gasteiger partial charge < -0.3 is 24.8 Å². The van der Waals surface area contributed by atoms with Crippen molar-refractivity contribution in [3.8, 4) is 5.75 Å². The third-order valence-electron chi connectivity index (χ3n) is 7.61. The molecule has 0 saturated carbocycles. The number of benzene rings is 2. The van der Waals surface area contributed by atoms with Crippen LogP contribution in [0.2, 0.25) is 0 Å². The summed E-state index contributed by atoms with van der Waals surface area (Å²) in [6.45, 7) is 7.15. The first-order valence-electron chi connectivity index (χ1n) is 16.8. The predicted molar refractivity (Wildman–Crippen MR) is 194 cm³/mol. The number of sulfonamides is 1. The van der Waals surface area contributed by atoms with Gasteiger partial charge in [-0.2, -0.15) is 0 Å². The van der Waals surface area contributed by atoms with Crippen LogP contribution in [-0.2, 0) is 32.6 Å². The van der Waals surface area contributed by atoms with Crippen molar-refractivity contribution in [1.82, 2.24) is 20.6 Å². The summed E-state index contributed by atoms with van der Waals surface area (Å²) in [4.78, 5) is 47.4. The first kappa shape index (κ1) is 39.5. The second kappa shape index (κ2) is 17.8. The number of amides is 2. The highest BCUT2D eigenvalue weighted by atomic mass is 32.2. The molecule has 0 atom stereocenters. The molecule has 0 fully saturated rings. The lowest BCUT2D eigenvalue weighted by Gasteiger charge is -2.22. The molecule has 278 valence electrons. The lowest BCUT2D eigenvalue weighted by molar-refractivity contribution is 0.0515. The van der Waals surface area contributed by atoms with E-state index in [9.17, 15) is 27.2 Å². The van der Waals surface area contributed by atoms with Gasteiger partial charge in [-0.1, -0.05) is 42.8 Å². The molecule has 2 aromatic heterocycles. The van der Waals surface area contributed by atoms with Gasteiger partial charge in [-0.25, -0.2) is 27.4 Å². The van der Waals surface area contributed by atoms with Crippen molar-refractivity contribution in [3.63, 3.8) is 0 Å². The van der Waals surface area contributed by atoms with E-state index in [0.29, 0.717) is 36.8 Å². The minimum atomic E-state index is -3.95. The fourth-order valence-corrected chi connectivity index (χ4v) is 6.32. The van der Waals surface area contributed by atoms with Crippen molar-refractivity contribution >= 4 is 44.7 Å². The van der Waals surface area contributed by atoms with E-state index >= 15 is 0 Å². The van der Waals surface area contributed by atoms with E-state index in [0.717, 1.165) is 22.0 Å². The zero-order chi connectivity index (χ0) is 37.9. The number of esters is 1. The number of nitrogens with zero attached hydrogens (tertiary/aromatic N) is 3. The van der Waals surface area contributed by atoms with Crippen LogP contribution in [0.5, 0.6) is 5.75 Å². The van der Waals surface area contributed by atoms with E-state index in [-0.39, 0.29) is 53.9 Å². The fraction of sp³-hybridized carbons (Fsp3) is 0.378. The summed E-state index contributed by atoms with van der Waals surface area (Å²) < 4.78 is 58.8. The Hall–Kier alpha value is -5.31. The van der Waals surface area contributed by atoms with Crippen LogP contribution in [0.3, 0.4) is 0 Å². The van der Waals surface area contributed by atoms with Gasteiger partial charge in [0.25, 0.3) is 5.91 Å². The molecule has 0 aliphatic rings. The highest BCUT2D eigenvalue weighted by molar-refractivity contribution is 7.92. The molecular weight excluding hydrogens is 693 g/mol. The van der Waals surface area contributed by atoms with E-state index in [1.807, 2.05) is 30.3 Å². The van der Waals surface area contributed by atoms with Crippen molar-refractivity contribution in [2.45, 2.75) is 65.7 Å². The summed E-state index contributed by atoms with van der Waals surface area (Å²) in [6.07, 6.45) is 2.29. The number of aromatic nitrogens is 2. The van der Waals surface area contributed by atoms with E-state index < -0.39 is 39.4 Å². The average Bonchev–Trinajstić information content (AvgIpc) is 3.10. The lowest BCUT2D eigenvalue weighted by atomic mass is 10.1. The monoisotopic (exact) mass is 737 g/mol. The Balaban J connectivity index is 1.61.